The maximum absolute atomic E-state index is 14.4. The molecule has 184 valence electrons. The molecule has 6 amide bonds. The second-order valence-electron chi connectivity index (χ2n) is 9.05. The molecular formula is C22H17BrCl2FN3O6. The number of primary amides is 1. The summed E-state index contributed by atoms with van der Waals surface area (Å²) in [5.74, 6) is -8.83. The van der Waals surface area contributed by atoms with Gasteiger partial charge in [-0.15, -0.1) is 23.2 Å². The van der Waals surface area contributed by atoms with E-state index < -0.39 is 74.6 Å². The highest BCUT2D eigenvalue weighted by molar-refractivity contribution is 9.09. The van der Waals surface area contributed by atoms with Crippen LogP contribution >= 0.6 is 39.1 Å². The van der Waals surface area contributed by atoms with E-state index in [2.05, 4.69) is 15.9 Å². The topological polar surface area (TPSA) is 138 Å². The number of nitrogens with two attached hydrogens (primary N) is 1. The van der Waals surface area contributed by atoms with Crippen LogP contribution in [0.1, 0.15) is 24.3 Å². The van der Waals surface area contributed by atoms with Gasteiger partial charge in [0.1, 0.15) is 0 Å². The fourth-order valence-corrected chi connectivity index (χ4v) is 7.47. The van der Waals surface area contributed by atoms with Gasteiger partial charge in [0.25, 0.3) is 11.8 Å². The van der Waals surface area contributed by atoms with Gasteiger partial charge in [0, 0.05) is 5.92 Å². The average molecular weight is 589 g/mol. The van der Waals surface area contributed by atoms with Crippen molar-refractivity contribution >= 4 is 68.8 Å². The molecule has 3 fully saturated rings. The predicted molar refractivity (Wildman–Crippen MR) is 123 cm³/mol. The Balaban J connectivity index is 1.74. The lowest BCUT2D eigenvalue weighted by Crippen LogP contribution is -2.60. The maximum atomic E-state index is 14.4. The molecule has 2 aliphatic carbocycles. The lowest BCUT2D eigenvalue weighted by atomic mass is 9.56. The summed E-state index contributed by atoms with van der Waals surface area (Å²) in [5.41, 5.74) is 5.64. The fourth-order valence-electron chi connectivity index (χ4n) is 6.05. The van der Waals surface area contributed by atoms with Crippen molar-refractivity contribution in [2.75, 3.05) is 5.45 Å². The average Bonchev–Trinajstić information content (AvgIpc) is 3.14. The third-order valence-electron chi connectivity index (χ3n) is 7.54. The van der Waals surface area contributed by atoms with Gasteiger partial charge in [-0.25, -0.2) is 9.18 Å². The molecule has 1 aromatic carbocycles. The predicted octanol–water partition coefficient (Wildman–Crippen LogP) is 2.32. The van der Waals surface area contributed by atoms with Gasteiger partial charge < -0.3 is 10.8 Å². The number of hydrogen-bond acceptors (Lipinski definition) is 6. The van der Waals surface area contributed by atoms with Crippen LogP contribution in [0.15, 0.2) is 29.8 Å². The maximum Gasteiger partial charge on any atom is 0.328 e. The molecule has 5 rings (SSSR count). The summed E-state index contributed by atoms with van der Waals surface area (Å²) in [6.07, 6.45) is 1.39. The van der Waals surface area contributed by atoms with Crippen molar-refractivity contribution in [3.8, 4) is 5.75 Å². The van der Waals surface area contributed by atoms with E-state index >= 15 is 0 Å². The van der Waals surface area contributed by atoms with E-state index in [4.69, 9.17) is 28.9 Å². The van der Waals surface area contributed by atoms with Crippen LogP contribution in [0.4, 0.5) is 9.18 Å². The molecule has 9 nitrogen and oxygen atoms in total. The van der Waals surface area contributed by atoms with Crippen LogP contribution in [-0.2, 0) is 19.2 Å². The molecule has 1 aromatic rings. The summed E-state index contributed by atoms with van der Waals surface area (Å²) in [6.45, 7) is 0. The molecule has 0 bridgehead atoms. The van der Waals surface area contributed by atoms with Crippen molar-refractivity contribution < 1.29 is 33.5 Å². The van der Waals surface area contributed by atoms with Crippen LogP contribution in [0, 0.1) is 23.6 Å². The fraction of sp³-hybridized carbons (Fsp3) is 0.409. The monoisotopic (exact) mass is 587 g/mol. The van der Waals surface area contributed by atoms with Gasteiger partial charge >= 0.3 is 6.03 Å². The molecule has 0 spiro atoms. The van der Waals surface area contributed by atoms with Crippen LogP contribution in [0.2, 0.25) is 0 Å². The van der Waals surface area contributed by atoms with E-state index in [9.17, 15) is 33.5 Å². The normalized spacial score (nSPS) is 36.2. The number of phenolic OH excluding ortho intramolecular Hbond substituents is 1. The molecular weight excluding hydrogens is 572 g/mol. The molecule has 2 saturated heterocycles. The number of carbonyl (C=O) groups excluding carboxylic acids is 5. The number of amides is 6. The summed E-state index contributed by atoms with van der Waals surface area (Å²) in [4.78, 5) is 61.7. The molecule has 2 heterocycles. The minimum atomic E-state index is -2.09. The lowest BCUT2D eigenvalue weighted by Gasteiger charge is -2.50. The van der Waals surface area contributed by atoms with Crippen molar-refractivity contribution in [2.45, 2.75) is 28.5 Å². The van der Waals surface area contributed by atoms with Crippen LogP contribution in [0.5, 0.6) is 5.75 Å². The summed E-state index contributed by atoms with van der Waals surface area (Å²) < 4.78 is 14.4. The van der Waals surface area contributed by atoms with E-state index in [1.54, 1.807) is 6.08 Å². The van der Waals surface area contributed by atoms with Crippen molar-refractivity contribution in [2.24, 2.45) is 23.5 Å². The number of nitrogens with zero attached hydrogens (tertiary/aromatic N) is 2. The number of carbonyl (C=O) groups is 5. The van der Waals surface area contributed by atoms with Gasteiger partial charge in [-0.2, -0.15) is 4.90 Å². The number of urea groups is 1. The van der Waals surface area contributed by atoms with E-state index in [-0.39, 0.29) is 23.9 Å². The zero-order valence-electron chi connectivity index (χ0n) is 17.7. The van der Waals surface area contributed by atoms with Gasteiger partial charge in [0.2, 0.25) is 11.8 Å². The first-order chi connectivity index (χ1) is 16.4. The van der Waals surface area contributed by atoms with Gasteiger partial charge in [-0.1, -0.05) is 33.6 Å². The summed E-state index contributed by atoms with van der Waals surface area (Å²) in [5, 5.41) is 9.70. The van der Waals surface area contributed by atoms with Crippen LogP contribution in [0.3, 0.4) is 0 Å². The third-order valence-corrected chi connectivity index (χ3v) is 9.46. The lowest BCUT2D eigenvalue weighted by molar-refractivity contribution is -0.139. The van der Waals surface area contributed by atoms with E-state index in [1.807, 2.05) is 0 Å². The van der Waals surface area contributed by atoms with Gasteiger partial charge in [-0.05, 0) is 36.5 Å². The highest BCUT2D eigenvalue weighted by Crippen LogP contribution is 2.65. The number of hydrogen-bond donors (Lipinski definition) is 2. The Hall–Kier alpha value is -2.50. The molecule has 13 heteroatoms. The number of allylic oxidation sites excluding steroid dienone is 2. The number of aromatic hydroxyl groups is 1. The van der Waals surface area contributed by atoms with Crippen LogP contribution in [0.25, 0.3) is 0 Å². The minimum absolute atomic E-state index is 0.0362. The molecule has 2 aliphatic heterocycles. The van der Waals surface area contributed by atoms with Gasteiger partial charge in [0.05, 0.1) is 17.3 Å². The highest BCUT2D eigenvalue weighted by atomic mass is 79.9. The molecule has 0 unspecified atom stereocenters. The molecule has 0 aromatic heterocycles. The second kappa shape index (κ2) is 7.75. The van der Waals surface area contributed by atoms with Gasteiger partial charge in [-0.3, -0.25) is 24.1 Å². The van der Waals surface area contributed by atoms with Crippen molar-refractivity contribution in [3.05, 3.63) is 41.2 Å². The quantitative estimate of drug-likeness (QED) is 0.235. The standard InChI is InChI=1S/C22H17BrCl2FN3O6/c23-7-28-18(33)21(24)6-11-9(2-3-10-14(11)17(32)29(16(10)31)20(27)35)15(22(21,25)19(28)34)8-1-4-13(30)12(26)5-8/h1-2,4-5,10-11,14-15,30H,3,6-7H2,(H2,27,35)/t10-,11+,14-,15-,21+,22-/m0/s1. The zero-order chi connectivity index (χ0) is 25.6. The summed E-state index contributed by atoms with van der Waals surface area (Å²) >= 11 is 17.0. The number of imide groups is 4. The number of rotatable bonds is 2. The number of phenols is 1. The Morgan fingerprint density at radius 3 is 2.46 bits per heavy atom. The number of alkyl halides is 3. The van der Waals surface area contributed by atoms with Crippen LogP contribution < -0.4 is 5.73 Å². The first kappa shape index (κ1) is 24.2. The van der Waals surface area contributed by atoms with Crippen LogP contribution in [-0.4, -0.2) is 59.8 Å². The molecule has 1 saturated carbocycles. The van der Waals surface area contributed by atoms with Crippen molar-refractivity contribution in [1.82, 2.24) is 9.80 Å². The molecule has 4 aliphatic rings. The Kier molecular flexibility index (Phi) is 5.36. The minimum Gasteiger partial charge on any atom is -0.505 e. The number of likely N-dealkylation sites (tertiary alicyclic amines) is 2. The first-order valence-corrected chi connectivity index (χ1v) is 12.4. The smallest absolute Gasteiger partial charge is 0.328 e. The van der Waals surface area contributed by atoms with E-state index in [1.165, 1.54) is 6.07 Å². The number of halogens is 4. The molecule has 35 heavy (non-hydrogen) atoms. The van der Waals surface area contributed by atoms with E-state index in [0.29, 0.717) is 10.5 Å². The number of benzene rings is 1. The Labute approximate surface area is 216 Å². The summed E-state index contributed by atoms with van der Waals surface area (Å²) in [7, 11) is 0. The van der Waals surface area contributed by atoms with Crippen molar-refractivity contribution in [3.63, 3.8) is 0 Å². The second-order valence-corrected chi connectivity index (χ2v) is 10.8. The molecule has 3 N–H and O–H groups in total. The largest absolute Gasteiger partial charge is 0.505 e. The third kappa shape index (κ3) is 2.88. The zero-order valence-corrected chi connectivity index (χ0v) is 20.8. The Morgan fingerprint density at radius 2 is 1.86 bits per heavy atom. The Morgan fingerprint density at radius 1 is 1.17 bits per heavy atom. The van der Waals surface area contributed by atoms with E-state index in [0.717, 1.165) is 17.0 Å². The highest BCUT2D eigenvalue weighted by Gasteiger charge is 2.76. The molecule has 6 atom stereocenters. The van der Waals surface area contributed by atoms with Crippen molar-refractivity contribution in [1.29, 1.82) is 0 Å². The Bertz CT molecular complexity index is 1280. The molecule has 0 radical (unpaired) electrons. The SMILES string of the molecule is NC(=O)N1C(=O)[C@H]2[C@H](CC=C3[C@H]2C[C@@]2(Cl)C(=O)N(CBr)C(=O)[C@@]2(Cl)[C@H]3c2ccc(O)c(F)c2)C1=O. The first-order valence-electron chi connectivity index (χ1n) is 10.6. The summed E-state index contributed by atoms with van der Waals surface area (Å²) in [6, 6.07) is 2.21. The van der Waals surface area contributed by atoms with Gasteiger partial charge in [0.15, 0.2) is 21.3 Å². The number of fused-ring (bicyclic) bond motifs is 4.